The molecule has 2 aromatic rings. The number of carbonyl (C=O) groups is 2. The average Bonchev–Trinajstić information content (AvgIpc) is 2.57. The topological polar surface area (TPSA) is 71.9 Å². The molecule has 138 valence electrons. The molecule has 0 heterocycles. The smallest absolute Gasteiger partial charge is 0.279 e. The minimum absolute atomic E-state index is 0.00250. The summed E-state index contributed by atoms with van der Waals surface area (Å²) in [6, 6.07) is 10.9. The van der Waals surface area contributed by atoms with Gasteiger partial charge in [-0.3, -0.25) is 9.59 Å². The molecule has 1 atom stereocenters. The molecule has 0 spiro atoms. The first-order chi connectivity index (χ1) is 12.4. The summed E-state index contributed by atoms with van der Waals surface area (Å²) in [7, 11) is 3.24. The van der Waals surface area contributed by atoms with Crippen LogP contribution in [0.5, 0.6) is 5.75 Å². The zero-order chi connectivity index (χ0) is 19.1. The fourth-order valence-electron chi connectivity index (χ4n) is 2.30. The van der Waals surface area contributed by atoms with E-state index in [1.807, 2.05) is 0 Å². The molecule has 0 aliphatic carbocycles. The van der Waals surface area contributed by atoms with E-state index >= 15 is 0 Å². The van der Waals surface area contributed by atoms with Gasteiger partial charge in [0.15, 0.2) is 13.1 Å². The van der Waals surface area contributed by atoms with Crippen LogP contribution in [0, 0.1) is 5.82 Å². The van der Waals surface area contributed by atoms with Crippen molar-refractivity contribution >= 4 is 34.8 Å². The molecule has 0 bridgehead atoms. The van der Waals surface area contributed by atoms with Crippen LogP contribution < -0.4 is 20.3 Å². The van der Waals surface area contributed by atoms with Crippen molar-refractivity contribution in [2.45, 2.75) is 0 Å². The van der Waals surface area contributed by atoms with Crippen molar-refractivity contribution in [1.82, 2.24) is 0 Å². The molecule has 3 N–H and O–H groups in total. The summed E-state index contributed by atoms with van der Waals surface area (Å²) >= 11 is 5.79. The third-order valence-corrected chi connectivity index (χ3v) is 3.72. The Kier molecular flexibility index (Phi) is 6.94. The molecule has 0 saturated carbocycles. The molecule has 26 heavy (non-hydrogen) atoms. The van der Waals surface area contributed by atoms with E-state index in [1.54, 1.807) is 38.4 Å². The standard InChI is InChI=1S/C18H19ClFN3O3/c1-23(10-17(24)21-13-4-3-5-14(9-13)26-2)11-18(25)22-16-8-12(19)6-7-15(16)20/h3-9H,10-11H2,1-2H3,(H,21,24)(H,22,25)/p+1. The highest BCUT2D eigenvalue weighted by atomic mass is 35.5. The number of quaternary nitrogens is 1. The summed E-state index contributed by atoms with van der Waals surface area (Å²) in [5.74, 6) is -0.613. The fraction of sp³-hybridized carbons (Fsp3) is 0.222. The Labute approximate surface area is 155 Å². The van der Waals surface area contributed by atoms with Crippen molar-refractivity contribution in [2.75, 3.05) is 37.9 Å². The molecular formula is C18H20ClFN3O3+. The van der Waals surface area contributed by atoms with Crippen molar-refractivity contribution in [3.05, 3.63) is 53.3 Å². The predicted octanol–water partition coefficient (Wildman–Crippen LogP) is 1.58. The molecule has 0 radical (unpaired) electrons. The van der Waals surface area contributed by atoms with Gasteiger partial charge in [-0.25, -0.2) is 4.39 Å². The minimum atomic E-state index is -0.573. The highest BCUT2D eigenvalue weighted by Crippen LogP contribution is 2.19. The summed E-state index contributed by atoms with van der Waals surface area (Å²) < 4.78 is 18.7. The van der Waals surface area contributed by atoms with Crippen LogP contribution >= 0.6 is 11.6 Å². The average molecular weight is 381 g/mol. The summed E-state index contributed by atoms with van der Waals surface area (Å²) in [6.45, 7) is 0.0696. The minimum Gasteiger partial charge on any atom is -0.497 e. The first-order valence-electron chi connectivity index (χ1n) is 7.87. The van der Waals surface area contributed by atoms with Crippen molar-refractivity contribution < 1.29 is 23.6 Å². The van der Waals surface area contributed by atoms with E-state index in [1.165, 1.54) is 18.2 Å². The van der Waals surface area contributed by atoms with Crippen LogP contribution in [0.4, 0.5) is 15.8 Å². The fourth-order valence-corrected chi connectivity index (χ4v) is 2.48. The molecular weight excluding hydrogens is 361 g/mol. The van der Waals surface area contributed by atoms with E-state index < -0.39 is 11.7 Å². The molecule has 8 heteroatoms. The van der Waals surface area contributed by atoms with Gasteiger partial charge in [-0.1, -0.05) is 17.7 Å². The Morgan fingerprint density at radius 3 is 2.50 bits per heavy atom. The molecule has 2 aromatic carbocycles. The van der Waals surface area contributed by atoms with E-state index in [0.717, 1.165) is 0 Å². The van der Waals surface area contributed by atoms with Crippen molar-refractivity contribution in [2.24, 2.45) is 0 Å². The van der Waals surface area contributed by atoms with Gasteiger partial charge in [0.1, 0.15) is 11.6 Å². The maximum Gasteiger partial charge on any atom is 0.279 e. The molecule has 0 fully saturated rings. The number of hydrogen-bond acceptors (Lipinski definition) is 3. The van der Waals surface area contributed by atoms with Gasteiger partial charge in [-0.05, 0) is 30.3 Å². The van der Waals surface area contributed by atoms with Crippen molar-refractivity contribution in [3.63, 3.8) is 0 Å². The molecule has 0 saturated heterocycles. The Balaban J connectivity index is 1.85. The van der Waals surface area contributed by atoms with Crippen LogP contribution in [0.15, 0.2) is 42.5 Å². The lowest BCUT2D eigenvalue weighted by atomic mass is 10.3. The first-order valence-corrected chi connectivity index (χ1v) is 8.25. The molecule has 2 amide bonds. The number of nitrogens with one attached hydrogen (secondary N) is 3. The first kappa shape index (κ1) is 19.7. The third kappa shape index (κ3) is 6.02. The Hall–Kier alpha value is -2.64. The predicted molar refractivity (Wildman–Crippen MR) is 98.3 cm³/mol. The van der Waals surface area contributed by atoms with E-state index in [2.05, 4.69) is 10.6 Å². The van der Waals surface area contributed by atoms with Gasteiger partial charge in [0.05, 0.1) is 19.8 Å². The van der Waals surface area contributed by atoms with Gasteiger partial charge >= 0.3 is 0 Å². The van der Waals surface area contributed by atoms with Crippen LogP contribution in [0.2, 0.25) is 5.02 Å². The van der Waals surface area contributed by atoms with E-state index in [-0.39, 0.29) is 24.7 Å². The number of benzene rings is 2. The summed E-state index contributed by atoms with van der Waals surface area (Å²) in [5, 5.41) is 5.51. The number of anilines is 2. The SMILES string of the molecule is COc1cccc(NC(=O)C[NH+](C)CC(=O)Nc2cc(Cl)ccc2F)c1. The normalized spacial score (nSPS) is 11.5. The lowest BCUT2D eigenvalue weighted by Gasteiger charge is -2.14. The summed E-state index contributed by atoms with van der Waals surface area (Å²) in [4.78, 5) is 24.7. The van der Waals surface area contributed by atoms with E-state index in [0.29, 0.717) is 21.4 Å². The number of likely N-dealkylation sites (N-methyl/N-ethyl adjacent to an activating group) is 1. The summed E-state index contributed by atoms with van der Waals surface area (Å²) in [6.07, 6.45) is 0. The molecule has 6 nitrogen and oxygen atoms in total. The second-order valence-electron chi connectivity index (χ2n) is 5.76. The molecule has 0 aliphatic heterocycles. The largest absolute Gasteiger partial charge is 0.497 e. The number of rotatable bonds is 7. The molecule has 2 rings (SSSR count). The van der Waals surface area contributed by atoms with Crippen molar-refractivity contribution in [3.8, 4) is 5.75 Å². The number of methoxy groups -OCH3 is 1. The number of carbonyl (C=O) groups excluding carboxylic acids is 2. The number of amides is 2. The number of hydrogen-bond donors (Lipinski definition) is 3. The lowest BCUT2D eigenvalue weighted by molar-refractivity contribution is -0.862. The van der Waals surface area contributed by atoms with Gasteiger partial charge in [-0.2, -0.15) is 0 Å². The summed E-state index contributed by atoms with van der Waals surface area (Å²) in [5.41, 5.74) is 0.615. The molecule has 0 aliphatic rings. The van der Waals surface area contributed by atoms with Crippen LogP contribution in [0.3, 0.4) is 0 Å². The quantitative estimate of drug-likeness (QED) is 0.683. The van der Waals surface area contributed by atoms with Gasteiger partial charge in [0.25, 0.3) is 11.8 Å². The monoisotopic (exact) mass is 380 g/mol. The maximum absolute atomic E-state index is 13.6. The Bertz CT molecular complexity index is 801. The second-order valence-corrected chi connectivity index (χ2v) is 6.20. The van der Waals surface area contributed by atoms with Crippen LogP contribution in [-0.2, 0) is 9.59 Å². The van der Waals surface area contributed by atoms with Crippen molar-refractivity contribution in [1.29, 1.82) is 0 Å². The van der Waals surface area contributed by atoms with Gasteiger partial charge in [-0.15, -0.1) is 0 Å². The third-order valence-electron chi connectivity index (χ3n) is 3.48. The Morgan fingerprint density at radius 2 is 1.81 bits per heavy atom. The number of halogens is 2. The highest BCUT2D eigenvalue weighted by Gasteiger charge is 2.16. The van der Waals surface area contributed by atoms with Crippen LogP contribution in [0.1, 0.15) is 0 Å². The zero-order valence-corrected chi connectivity index (χ0v) is 15.2. The van der Waals surface area contributed by atoms with Gasteiger partial charge < -0.3 is 20.3 Å². The van der Waals surface area contributed by atoms with E-state index in [4.69, 9.17) is 16.3 Å². The number of ether oxygens (including phenoxy) is 1. The van der Waals surface area contributed by atoms with Gasteiger partial charge in [0.2, 0.25) is 0 Å². The maximum atomic E-state index is 13.6. The van der Waals surface area contributed by atoms with Crippen LogP contribution in [-0.4, -0.2) is 39.1 Å². The van der Waals surface area contributed by atoms with E-state index in [9.17, 15) is 14.0 Å². The van der Waals surface area contributed by atoms with Gasteiger partial charge in [0, 0.05) is 16.8 Å². The molecule has 1 unspecified atom stereocenters. The second kappa shape index (κ2) is 9.17. The highest BCUT2D eigenvalue weighted by molar-refractivity contribution is 6.30. The molecule has 0 aromatic heterocycles. The zero-order valence-electron chi connectivity index (χ0n) is 14.4. The van der Waals surface area contributed by atoms with Crippen LogP contribution in [0.25, 0.3) is 0 Å². The lowest BCUT2D eigenvalue weighted by Crippen LogP contribution is -3.11. The Morgan fingerprint density at radius 1 is 1.12 bits per heavy atom.